The van der Waals surface area contributed by atoms with Crippen LogP contribution in [-0.2, 0) is 0 Å². The van der Waals surface area contributed by atoms with Crippen molar-refractivity contribution in [3.63, 3.8) is 0 Å². The lowest BCUT2D eigenvalue weighted by molar-refractivity contribution is 0.183. The molecule has 1 unspecified atom stereocenters. The van der Waals surface area contributed by atoms with Crippen LogP contribution in [0.3, 0.4) is 0 Å². The molecule has 92 valence electrons. The van der Waals surface area contributed by atoms with Gasteiger partial charge in [-0.1, -0.05) is 41.5 Å². The molecule has 0 aliphatic heterocycles. The first-order valence-corrected chi connectivity index (χ1v) is 6.41. The van der Waals surface area contributed by atoms with E-state index in [1.807, 2.05) is 0 Å². The fourth-order valence-corrected chi connectivity index (χ4v) is 1.70. The second kappa shape index (κ2) is 7.24. The Morgan fingerprint density at radius 1 is 1.07 bits per heavy atom. The van der Waals surface area contributed by atoms with Gasteiger partial charge in [0.05, 0.1) is 0 Å². The summed E-state index contributed by atoms with van der Waals surface area (Å²) >= 11 is 0. The first kappa shape index (κ1) is 14.9. The first-order valence-electron chi connectivity index (χ1n) is 6.41. The van der Waals surface area contributed by atoms with Gasteiger partial charge >= 0.3 is 0 Å². The molecule has 0 radical (unpaired) electrons. The van der Waals surface area contributed by atoms with Gasteiger partial charge in [0.2, 0.25) is 0 Å². The molecule has 0 amide bonds. The quantitative estimate of drug-likeness (QED) is 0.701. The highest BCUT2D eigenvalue weighted by Crippen LogP contribution is 2.20. The summed E-state index contributed by atoms with van der Waals surface area (Å²) in [7, 11) is 0. The average molecular weight is 214 g/mol. The van der Waals surface area contributed by atoms with Crippen LogP contribution in [0, 0.1) is 5.41 Å². The van der Waals surface area contributed by atoms with Gasteiger partial charge in [0, 0.05) is 12.6 Å². The number of likely N-dealkylation sites (N-methyl/N-ethyl adjacent to an activating group) is 1. The lowest BCUT2D eigenvalue weighted by Gasteiger charge is -2.35. The molecule has 0 rings (SSSR count). The third-order valence-electron chi connectivity index (χ3n) is 3.02. The van der Waals surface area contributed by atoms with Crippen LogP contribution in [-0.4, -0.2) is 37.1 Å². The molecule has 1 atom stereocenters. The number of nitrogens with zero attached hydrogens (tertiary/aromatic N) is 1. The number of hydrogen-bond donors (Lipinski definition) is 1. The molecule has 2 heteroatoms. The van der Waals surface area contributed by atoms with Crippen LogP contribution in [0.2, 0.25) is 0 Å². The van der Waals surface area contributed by atoms with E-state index in [9.17, 15) is 0 Å². The third kappa shape index (κ3) is 6.16. The summed E-state index contributed by atoms with van der Waals surface area (Å²) in [5.74, 6) is 0. The van der Waals surface area contributed by atoms with E-state index in [1.54, 1.807) is 0 Å². The lowest BCUT2D eigenvalue weighted by atomic mass is 9.86. The molecular formula is C13H30N2. The maximum absolute atomic E-state index is 3.67. The molecule has 0 saturated carbocycles. The zero-order valence-corrected chi connectivity index (χ0v) is 11.6. The van der Waals surface area contributed by atoms with E-state index in [0.29, 0.717) is 11.5 Å². The Morgan fingerprint density at radius 2 is 1.60 bits per heavy atom. The van der Waals surface area contributed by atoms with Gasteiger partial charge in [-0.3, -0.25) is 0 Å². The Hall–Kier alpha value is -0.0800. The standard InChI is InChI=1S/C13H30N2/c1-7-10-14-12(13(4,5)6)11-15(8-2)9-3/h12,14H,7-11H2,1-6H3. The van der Waals surface area contributed by atoms with E-state index in [0.717, 1.165) is 26.2 Å². The number of hydrogen-bond acceptors (Lipinski definition) is 2. The van der Waals surface area contributed by atoms with Gasteiger partial charge in [0.15, 0.2) is 0 Å². The summed E-state index contributed by atoms with van der Waals surface area (Å²) in [4.78, 5) is 2.50. The van der Waals surface area contributed by atoms with Crippen LogP contribution in [0.1, 0.15) is 48.0 Å². The van der Waals surface area contributed by atoms with E-state index in [4.69, 9.17) is 0 Å². The highest BCUT2D eigenvalue weighted by atomic mass is 15.1. The molecule has 0 saturated heterocycles. The normalized spacial score (nSPS) is 14.6. The zero-order valence-electron chi connectivity index (χ0n) is 11.6. The van der Waals surface area contributed by atoms with Crippen molar-refractivity contribution < 1.29 is 0 Å². The maximum atomic E-state index is 3.67. The van der Waals surface area contributed by atoms with Gasteiger partial charge in [-0.15, -0.1) is 0 Å². The molecule has 0 aromatic rings. The molecule has 0 fully saturated rings. The number of nitrogens with one attached hydrogen (secondary N) is 1. The van der Waals surface area contributed by atoms with Gasteiger partial charge in [0.25, 0.3) is 0 Å². The molecule has 0 heterocycles. The minimum atomic E-state index is 0.345. The second-order valence-electron chi connectivity index (χ2n) is 5.36. The Kier molecular flexibility index (Phi) is 7.20. The predicted molar refractivity (Wildman–Crippen MR) is 69.3 cm³/mol. The smallest absolute Gasteiger partial charge is 0.0243 e. The maximum Gasteiger partial charge on any atom is 0.0243 e. The Bertz CT molecular complexity index is 145. The Balaban J connectivity index is 4.23. The van der Waals surface area contributed by atoms with Crippen molar-refractivity contribution >= 4 is 0 Å². The van der Waals surface area contributed by atoms with Crippen LogP contribution in [0.15, 0.2) is 0 Å². The van der Waals surface area contributed by atoms with Gasteiger partial charge in [-0.2, -0.15) is 0 Å². The van der Waals surface area contributed by atoms with Crippen LogP contribution in [0.25, 0.3) is 0 Å². The summed E-state index contributed by atoms with van der Waals surface area (Å²) < 4.78 is 0. The highest BCUT2D eigenvalue weighted by Gasteiger charge is 2.24. The van der Waals surface area contributed by atoms with Crippen molar-refractivity contribution in [2.24, 2.45) is 5.41 Å². The van der Waals surface area contributed by atoms with Gasteiger partial charge in [0.1, 0.15) is 0 Å². The van der Waals surface area contributed by atoms with E-state index < -0.39 is 0 Å². The van der Waals surface area contributed by atoms with E-state index in [2.05, 4.69) is 51.8 Å². The fraction of sp³-hybridized carbons (Fsp3) is 1.00. The van der Waals surface area contributed by atoms with E-state index in [-0.39, 0.29) is 0 Å². The Labute approximate surface area is 96.4 Å². The third-order valence-corrected chi connectivity index (χ3v) is 3.02. The molecule has 0 aliphatic rings. The van der Waals surface area contributed by atoms with Crippen LogP contribution in [0.4, 0.5) is 0 Å². The van der Waals surface area contributed by atoms with Crippen molar-refractivity contribution in [3.05, 3.63) is 0 Å². The summed E-state index contributed by atoms with van der Waals surface area (Å²) in [6.07, 6.45) is 1.21. The minimum Gasteiger partial charge on any atom is -0.312 e. The first-order chi connectivity index (χ1) is 6.95. The second-order valence-corrected chi connectivity index (χ2v) is 5.36. The zero-order chi connectivity index (χ0) is 11.9. The molecule has 0 aromatic carbocycles. The Morgan fingerprint density at radius 3 is 1.93 bits per heavy atom. The predicted octanol–water partition coefficient (Wildman–Crippen LogP) is 2.74. The summed E-state index contributed by atoms with van der Waals surface area (Å²) in [6.45, 7) is 18.3. The molecule has 1 N–H and O–H groups in total. The minimum absolute atomic E-state index is 0.345. The molecule has 0 aliphatic carbocycles. The van der Waals surface area contributed by atoms with E-state index in [1.165, 1.54) is 6.42 Å². The van der Waals surface area contributed by atoms with Crippen molar-refractivity contribution in [1.29, 1.82) is 0 Å². The molecule has 0 spiro atoms. The van der Waals surface area contributed by atoms with Crippen LogP contribution < -0.4 is 5.32 Å². The highest BCUT2D eigenvalue weighted by molar-refractivity contribution is 4.83. The average Bonchev–Trinajstić information content (AvgIpc) is 2.16. The summed E-state index contributed by atoms with van der Waals surface area (Å²) in [5, 5.41) is 3.67. The molecular weight excluding hydrogens is 184 g/mol. The van der Waals surface area contributed by atoms with Crippen molar-refractivity contribution in [1.82, 2.24) is 10.2 Å². The molecule has 2 nitrogen and oxygen atoms in total. The SMILES string of the molecule is CCCNC(CN(CC)CC)C(C)(C)C. The van der Waals surface area contributed by atoms with Crippen LogP contribution >= 0.6 is 0 Å². The van der Waals surface area contributed by atoms with Crippen molar-refractivity contribution in [3.8, 4) is 0 Å². The van der Waals surface area contributed by atoms with Crippen molar-refractivity contribution in [2.45, 2.75) is 54.0 Å². The lowest BCUT2D eigenvalue weighted by Crippen LogP contribution is -2.48. The summed E-state index contributed by atoms with van der Waals surface area (Å²) in [6, 6.07) is 0.595. The molecule has 0 aromatic heterocycles. The molecule has 0 bridgehead atoms. The van der Waals surface area contributed by atoms with Crippen LogP contribution in [0.5, 0.6) is 0 Å². The van der Waals surface area contributed by atoms with Gasteiger partial charge in [-0.05, 0) is 31.5 Å². The van der Waals surface area contributed by atoms with Crippen molar-refractivity contribution in [2.75, 3.05) is 26.2 Å². The van der Waals surface area contributed by atoms with Gasteiger partial charge in [-0.25, -0.2) is 0 Å². The summed E-state index contributed by atoms with van der Waals surface area (Å²) in [5.41, 5.74) is 0.345. The van der Waals surface area contributed by atoms with Gasteiger partial charge < -0.3 is 10.2 Å². The molecule has 15 heavy (non-hydrogen) atoms. The monoisotopic (exact) mass is 214 g/mol. The fourth-order valence-electron chi connectivity index (χ4n) is 1.70. The topological polar surface area (TPSA) is 15.3 Å². The number of rotatable bonds is 7. The largest absolute Gasteiger partial charge is 0.312 e. The van der Waals surface area contributed by atoms with E-state index >= 15 is 0 Å².